The van der Waals surface area contributed by atoms with Gasteiger partial charge in [-0.05, 0) is 37.6 Å². The lowest BCUT2D eigenvalue weighted by atomic mass is 10.1. The van der Waals surface area contributed by atoms with Gasteiger partial charge in [-0.2, -0.15) is 0 Å². The number of anilines is 1. The van der Waals surface area contributed by atoms with Crippen LogP contribution in [0.4, 0.5) is 5.95 Å². The number of carbonyl (C=O) groups excluding carboxylic acids is 2. The van der Waals surface area contributed by atoms with Crippen molar-refractivity contribution in [1.29, 1.82) is 0 Å². The molecule has 8 nitrogen and oxygen atoms in total. The molecule has 0 saturated carbocycles. The molecular weight excluding hydrogens is 468 g/mol. The van der Waals surface area contributed by atoms with Crippen molar-refractivity contribution in [1.82, 2.24) is 14.5 Å². The molecule has 4 rings (SSSR count). The Morgan fingerprint density at radius 3 is 2.32 bits per heavy atom. The van der Waals surface area contributed by atoms with Crippen LogP contribution in [-0.4, -0.2) is 53.6 Å². The molecule has 0 aliphatic rings. The Labute approximate surface area is 216 Å². The van der Waals surface area contributed by atoms with Crippen molar-refractivity contribution >= 4 is 17.8 Å². The minimum atomic E-state index is -0.351. The molecule has 0 aliphatic heterocycles. The molecule has 0 atom stereocenters. The summed E-state index contributed by atoms with van der Waals surface area (Å²) in [5.41, 5.74) is 3.76. The minimum Gasteiger partial charge on any atom is -0.493 e. The van der Waals surface area contributed by atoms with E-state index in [2.05, 4.69) is 5.32 Å². The van der Waals surface area contributed by atoms with Crippen molar-refractivity contribution in [3.8, 4) is 28.4 Å². The van der Waals surface area contributed by atoms with Crippen LogP contribution in [0.25, 0.3) is 16.9 Å². The Morgan fingerprint density at radius 2 is 1.65 bits per heavy atom. The van der Waals surface area contributed by atoms with Crippen LogP contribution in [0.15, 0.2) is 79.0 Å². The van der Waals surface area contributed by atoms with Gasteiger partial charge in [-0.3, -0.25) is 19.5 Å². The number of ether oxygens (including phenoxy) is 2. The van der Waals surface area contributed by atoms with E-state index < -0.39 is 0 Å². The molecule has 37 heavy (non-hydrogen) atoms. The number of carbonyl (C=O) groups is 2. The first kappa shape index (κ1) is 25.5. The number of benzene rings is 3. The van der Waals surface area contributed by atoms with Gasteiger partial charge in [0.25, 0.3) is 5.91 Å². The first-order chi connectivity index (χ1) is 17.9. The summed E-state index contributed by atoms with van der Waals surface area (Å²) < 4.78 is 12.6. The zero-order valence-corrected chi connectivity index (χ0v) is 21.4. The van der Waals surface area contributed by atoms with Crippen LogP contribution in [0.1, 0.15) is 22.8 Å². The molecule has 0 fully saturated rings. The van der Waals surface area contributed by atoms with Gasteiger partial charge in [-0.15, -0.1) is 0 Å². The monoisotopic (exact) mass is 498 g/mol. The number of hydrogen-bond acceptors (Lipinski definition) is 5. The summed E-state index contributed by atoms with van der Waals surface area (Å²) >= 11 is 0. The minimum absolute atomic E-state index is 0.108. The fourth-order valence-electron chi connectivity index (χ4n) is 4.04. The Hall–Kier alpha value is -4.59. The fraction of sp³-hybridized carbons (Fsp3) is 0.207. The lowest BCUT2D eigenvalue weighted by molar-refractivity contribution is -0.116. The maximum absolute atomic E-state index is 13.2. The number of imidazole rings is 1. The first-order valence-electron chi connectivity index (χ1n) is 12.0. The molecular formula is C29H30N4O4. The normalized spacial score (nSPS) is 10.6. The lowest BCUT2D eigenvalue weighted by Gasteiger charge is -2.21. The van der Waals surface area contributed by atoms with Crippen molar-refractivity contribution in [3.63, 3.8) is 0 Å². The van der Waals surface area contributed by atoms with E-state index in [4.69, 9.17) is 14.5 Å². The number of hydrogen-bond donors (Lipinski definition) is 1. The standard InChI is InChI=1S/C29H30N4O4/c1-5-32(28(35)23-14-10-9-11-20(23)2)19-27(34)31-29-30-24(21-12-7-6-8-13-21)18-33(29)22-15-16-25(36-3)26(17-22)37-4/h6-18H,5,19H2,1-4H3,(H,30,31,34). The number of nitrogens with zero attached hydrogens (tertiary/aromatic N) is 3. The summed E-state index contributed by atoms with van der Waals surface area (Å²) in [6.45, 7) is 4.01. The van der Waals surface area contributed by atoms with Gasteiger partial charge >= 0.3 is 0 Å². The van der Waals surface area contributed by atoms with E-state index in [-0.39, 0.29) is 18.4 Å². The third kappa shape index (κ3) is 5.64. The molecule has 0 spiro atoms. The Bertz CT molecular complexity index is 1400. The summed E-state index contributed by atoms with van der Waals surface area (Å²) in [6, 6.07) is 22.5. The number of nitrogens with one attached hydrogen (secondary N) is 1. The maximum Gasteiger partial charge on any atom is 0.254 e. The van der Waals surface area contributed by atoms with Crippen molar-refractivity contribution < 1.29 is 19.1 Å². The molecule has 1 heterocycles. The Morgan fingerprint density at radius 1 is 0.946 bits per heavy atom. The second-order valence-corrected chi connectivity index (χ2v) is 8.41. The predicted octanol–water partition coefficient (Wildman–Crippen LogP) is 4.97. The Balaban J connectivity index is 1.64. The molecule has 8 heteroatoms. The molecule has 0 unspecified atom stereocenters. The first-order valence-corrected chi connectivity index (χ1v) is 12.0. The molecule has 3 aromatic carbocycles. The smallest absolute Gasteiger partial charge is 0.254 e. The summed E-state index contributed by atoms with van der Waals surface area (Å²) in [4.78, 5) is 32.5. The van der Waals surface area contributed by atoms with Crippen molar-refractivity contribution in [2.45, 2.75) is 13.8 Å². The van der Waals surface area contributed by atoms with Crippen LogP contribution >= 0.6 is 0 Å². The van der Waals surface area contributed by atoms with Crippen LogP contribution in [0.3, 0.4) is 0 Å². The zero-order valence-electron chi connectivity index (χ0n) is 21.4. The second-order valence-electron chi connectivity index (χ2n) is 8.41. The van der Waals surface area contributed by atoms with Crippen LogP contribution in [0, 0.1) is 6.92 Å². The highest BCUT2D eigenvalue weighted by Gasteiger charge is 2.21. The van der Waals surface area contributed by atoms with Gasteiger partial charge in [-0.25, -0.2) is 4.98 Å². The number of amides is 2. The topological polar surface area (TPSA) is 85.7 Å². The summed E-state index contributed by atoms with van der Waals surface area (Å²) in [5.74, 6) is 0.928. The van der Waals surface area contributed by atoms with E-state index >= 15 is 0 Å². The number of rotatable bonds is 9. The molecule has 0 radical (unpaired) electrons. The van der Waals surface area contributed by atoms with E-state index in [1.54, 1.807) is 30.9 Å². The maximum atomic E-state index is 13.2. The van der Waals surface area contributed by atoms with Crippen LogP contribution in [-0.2, 0) is 4.79 Å². The van der Waals surface area contributed by atoms with Crippen molar-refractivity contribution in [2.24, 2.45) is 0 Å². The van der Waals surface area contributed by atoms with Gasteiger partial charge in [0.05, 0.1) is 25.6 Å². The lowest BCUT2D eigenvalue weighted by Crippen LogP contribution is -2.38. The number of methoxy groups -OCH3 is 2. The summed E-state index contributed by atoms with van der Waals surface area (Å²) in [6.07, 6.45) is 1.85. The third-order valence-corrected chi connectivity index (χ3v) is 6.05. The Kier molecular flexibility index (Phi) is 7.88. The molecule has 2 amide bonds. The zero-order chi connectivity index (χ0) is 26.4. The molecule has 1 aromatic heterocycles. The molecule has 0 saturated heterocycles. The summed E-state index contributed by atoms with van der Waals surface area (Å²) in [7, 11) is 3.14. The van der Waals surface area contributed by atoms with E-state index in [1.807, 2.05) is 80.7 Å². The van der Waals surface area contributed by atoms with Gasteiger partial charge in [-0.1, -0.05) is 48.5 Å². The highest BCUT2D eigenvalue weighted by atomic mass is 16.5. The number of likely N-dealkylation sites (N-methyl/N-ethyl adjacent to an activating group) is 1. The molecule has 1 N–H and O–H groups in total. The van der Waals surface area contributed by atoms with Gasteiger partial charge in [0.15, 0.2) is 11.5 Å². The second kappa shape index (κ2) is 11.4. The van der Waals surface area contributed by atoms with E-state index in [0.29, 0.717) is 35.2 Å². The van der Waals surface area contributed by atoms with Crippen molar-refractivity contribution in [3.05, 3.63) is 90.1 Å². The fourth-order valence-corrected chi connectivity index (χ4v) is 4.04. The van der Waals surface area contributed by atoms with E-state index in [1.165, 1.54) is 4.90 Å². The van der Waals surface area contributed by atoms with Gasteiger partial charge in [0.2, 0.25) is 11.9 Å². The summed E-state index contributed by atoms with van der Waals surface area (Å²) in [5, 5.41) is 2.90. The average molecular weight is 499 g/mol. The van der Waals surface area contributed by atoms with Crippen molar-refractivity contribution in [2.75, 3.05) is 32.6 Å². The highest BCUT2D eigenvalue weighted by Crippen LogP contribution is 2.31. The predicted molar refractivity (Wildman–Crippen MR) is 143 cm³/mol. The van der Waals surface area contributed by atoms with E-state index in [9.17, 15) is 9.59 Å². The van der Waals surface area contributed by atoms with Gasteiger partial charge in [0, 0.05) is 29.9 Å². The number of aryl methyl sites for hydroxylation is 1. The average Bonchev–Trinajstić information content (AvgIpc) is 3.35. The SMILES string of the molecule is CCN(CC(=O)Nc1nc(-c2ccccc2)cn1-c1ccc(OC)c(OC)c1)C(=O)c1ccccc1C. The quantitative estimate of drug-likeness (QED) is 0.352. The molecule has 0 bridgehead atoms. The third-order valence-electron chi connectivity index (χ3n) is 6.05. The molecule has 190 valence electrons. The molecule has 4 aromatic rings. The van der Waals surface area contributed by atoms with Gasteiger partial charge in [0.1, 0.15) is 6.54 Å². The largest absolute Gasteiger partial charge is 0.493 e. The van der Waals surface area contributed by atoms with Crippen LogP contribution in [0.2, 0.25) is 0 Å². The number of aromatic nitrogens is 2. The van der Waals surface area contributed by atoms with Gasteiger partial charge < -0.3 is 14.4 Å². The molecule has 0 aliphatic carbocycles. The van der Waals surface area contributed by atoms with Crippen LogP contribution < -0.4 is 14.8 Å². The van der Waals surface area contributed by atoms with Crippen LogP contribution in [0.5, 0.6) is 11.5 Å². The highest BCUT2D eigenvalue weighted by molar-refractivity contribution is 5.99. The van der Waals surface area contributed by atoms with E-state index in [0.717, 1.165) is 16.8 Å².